The summed E-state index contributed by atoms with van der Waals surface area (Å²) in [5.74, 6) is 0.796. The molecule has 0 unspecified atom stereocenters. The van der Waals surface area contributed by atoms with Crippen molar-refractivity contribution < 1.29 is 13.2 Å². The van der Waals surface area contributed by atoms with Crippen LogP contribution in [0.3, 0.4) is 0 Å². The minimum absolute atomic E-state index is 0.120. The summed E-state index contributed by atoms with van der Waals surface area (Å²) < 4.78 is 54.4. The Bertz CT molecular complexity index is 4440. The molecule has 0 fully saturated rings. The number of benzene rings is 9. The summed E-state index contributed by atoms with van der Waals surface area (Å²) in [5.41, 5.74) is 7.01. The van der Waals surface area contributed by atoms with Gasteiger partial charge in [-0.1, -0.05) is 127 Å². The van der Waals surface area contributed by atoms with Gasteiger partial charge >= 0.3 is 6.18 Å². The van der Waals surface area contributed by atoms with E-state index >= 15 is 13.2 Å². The van der Waals surface area contributed by atoms with Gasteiger partial charge in [0.15, 0.2) is 17.5 Å². The fourth-order valence-corrected chi connectivity index (χ4v) is 12.7. The number of aryl methyl sites for hydroxylation is 1. The third-order valence-electron chi connectivity index (χ3n) is 13.5. The first-order chi connectivity index (χ1) is 33.8. The fraction of sp³-hybridized carbons (Fsp3) is 0.0339. The Hall–Kier alpha value is -8.18. The lowest BCUT2D eigenvalue weighted by molar-refractivity contribution is -0.137. The maximum absolute atomic E-state index is 15.1. The first kappa shape index (κ1) is 39.9. The van der Waals surface area contributed by atoms with Crippen LogP contribution in [0, 0.1) is 6.92 Å². The first-order valence-electron chi connectivity index (χ1n) is 22.6. The van der Waals surface area contributed by atoms with Crippen LogP contribution in [-0.2, 0) is 6.18 Å². The minimum atomic E-state index is -4.65. The Kier molecular flexibility index (Phi) is 8.63. The molecule has 0 bridgehead atoms. The number of alkyl halides is 3. The van der Waals surface area contributed by atoms with E-state index in [4.69, 9.17) is 15.0 Å². The average Bonchev–Trinajstić information content (AvgIpc) is 4.14. The van der Waals surface area contributed by atoms with Gasteiger partial charge in [0.25, 0.3) is 0 Å². The van der Waals surface area contributed by atoms with Crippen LogP contribution in [0.2, 0.25) is 0 Å². The molecule has 9 aromatic carbocycles. The third-order valence-corrected chi connectivity index (χ3v) is 15.7. The molecule has 0 radical (unpaired) electrons. The lowest BCUT2D eigenvalue weighted by atomic mass is 10.0. The zero-order valence-corrected chi connectivity index (χ0v) is 38.2. The van der Waals surface area contributed by atoms with Gasteiger partial charge < -0.3 is 9.13 Å². The largest absolute Gasteiger partial charge is 0.416 e. The van der Waals surface area contributed by atoms with E-state index in [1.165, 1.54) is 26.9 Å². The quantitative estimate of drug-likeness (QED) is 0.173. The zero-order valence-electron chi connectivity index (χ0n) is 36.6. The van der Waals surface area contributed by atoms with Crippen molar-refractivity contribution in [1.29, 1.82) is 0 Å². The van der Waals surface area contributed by atoms with Gasteiger partial charge in [-0.2, -0.15) is 13.2 Å². The summed E-state index contributed by atoms with van der Waals surface area (Å²) in [6.07, 6.45) is -4.65. The number of hydrogen-bond donors (Lipinski definition) is 0. The fourth-order valence-electron chi connectivity index (χ4n) is 10.5. The molecule has 0 aliphatic carbocycles. The van der Waals surface area contributed by atoms with E-state index in [0.29, 0.717) is 28.5 Å². The maximum Gasteiger partial charge on any atom is 0.416 e. The van der Waals surface area contributed by atoms with E-state index in [2.05, 4.69) is 118 Å². The summed E-state index contributed by atoms with van der Waals surface area (Å²) in [5, 5.41) is 8.65. The van der Waals surface area contributed by atoms with Gasteiger partial charge in [0, 0.05) is 78.6 Å². The summed E-state index contributed by atoms with van der Waals surface area (Å²) in [6.45, 7) is 2.03. The molecule has 0 saturated heterocycles. The smallest absolute Gasteiger partial charge is 0.308 e. The second-order valence-corrected chi connectivity index (χ2v) is 19.7. The Morgan fingerprint density at radius 2 is 0.870 bits per heavy atom. The van der Waals surface area contributed by atoms with E-state index in [9.17, 15) is 0 Å². The number of nitrogens with zero attached hydrogens (tertiary/aromatic N) is 5. The summed E-state index contributed by atoms with van der Waals surface area (Å²) in [4.78, 5) is 15.7. The number of hydrogen-bond acceptors (Lipinski definition) is 5. The molecule has 14 rings (SSSR count). The van der Waals surface area contributed by atoms with Crippen molar-refractivity contribution in [1.82, 2.24) is 24.1 Å². The van der Waals surface area contributed by atoms with Crippen molar-refractivity contribution in [3.8, 4) is 45.5 Å². The van der Waals surface area contributed by atoms with E-state index in [1.54, 1.807) is 28.7 Å². The van der Waals surface area contributed by atoms with Crippen LogP contribution in [0.25, 0.3) is 129 Å². The van der Waals surface area contributed by atoms with E-state index < -0.39 is 11.7 Å². The number of rotatable bonds is 5. The summed E-state index contributed by atoms with van der Waals surface area (Å²) in [7, 11) is 0. The van der Waals surface area contributed by atoms with Crippen molar-refractivity contribution in [2.45, 2.75) is 13.1 Å². The van der Waals surface area contributed by atoms with Gasteiger partial charge in [-0.25, -0.2) is 15.0 Å². The lowest BCUT2D eigenvalue weighted by Crippen LogP contribution is -2.09. The molecule has 5 nitrogen and oxygen atoms in total. The van der Waals surface area contributed by atoms with Crippen LogP contribution in [0.15, 0.2) is 188 Å². The number of fused-ring (bicyclic) bond motifs is 14. The van der Waals surface area contributed by atoms with Crippen LogP contribution in [0.5, 0.6) is 0 Å². The summed E-state index contributed by atoms with van der Waals surface area (Å²) in [6, 6.07) is 61.9. The van der Waals surface area contributed by atoms with Crippen LogP contribution in [-0.4, -0.2) is 24.1 Å². The molecule has 328 valence electrons. The van der Waals surface area contributed by atoms with Crippen LogP contribution >= 0.6 is 22.7 Å². The van der Waals surface area contributed by atoms with Crippen molar-refractivity contribution in [2.75, 3.05) is 0 Å². The highest BCUT2D eigenvalue weighted by molar-refractivity contribution is 7.26. The predicted octanol–water partition coefficient (Wildman–Crippen LogP) is 17.1. The Morgan fingerprint density at radius 1 is 0.406 bits per heavy atom. The summed E-state index contributed by atoms with van der Waals surface area (Å²) >= 11 is 3.47. The number of aromatic nitrogens is 5. The van der Waals surface area contributed by atoms with Crippen LogP contribution < -0.4 is 0 Å². The minimum Gasteiger partial charge on any atom is -0.308 e. The molecular formula is C59H34F3N5S2. The molecule has 0 spiro atoms. The molecule has 5 heterocycles. The molecule has 14 aromatic rings. The van der Waals surface area contributed by atoms with Gasteiger partial charge in [0.05, 0.1) is 39.0 Å². The average molecular weight is 934 g/mol. The van der Waals surface area contributed by atoms with E-state index in [1.807, 2.05) is 67.6 Å². The van der Waals surface area contributed by atoms with Crippen LogP contribution in [0.1, 0.15) is 11.1 Å². The maximum atomic E-state index is 15.1. The van der Waals surface area contributed by atoms with Gasteiger partial charge in [-0.15, -0.1) is 22.7 Å². The highest BCUT2D eigenvalue weighted by Crippen LogP contribution is 2.47. The van der Waals surface area contributed by atoms with Crippen molar-refractivity contribution in [2.24, 2.45) is 0 Å². The van der Waals surface area contributed by atoms with Crippen molar-refractivity contribution >= 4 is 107 Å². The standard InChI is InChI=1S/C59H34F3N5S2/c1-33-23-27-46(66-44-19-9-5-15-36(44)38-25-29-50-52(54(38)66)40-17-7-11-21-48(40)68-50)42(31-33)57-63-56(34-13-3-2-4-14-34)64-58(65-57)43-32-35(59(60,61)62)24-28-47(43)67-45-20-10-6-16-37(45)39-26-30-51-53(55(39)67)41-18-8-12-22-49(41)69-51/h2-32H,1H3. The number of para-hydroxylation sites is 2. The SMILES string of the molecule is Cc1ccc(-n2c3ccccc3c3ccc4sc5ccccc5c4c32)c(-c2nc(-c3ccccc3)nc(-c3cc(C(F)(F)F)ccc3-n3c4ccccc4c4ccc5sc6ccccc6c5c43)n2)c1. The highest BCUT2D eigenvalue weighted by Gasteiger charge is 2.33. The molecule has 0 N–H and O–H groups in total. The van der Waals surface area contributed by atoms with E-state index in [0.717, 1.165) is 80.4 Å². The number of thiophene rings is 2. The van der Waals surface area contributed by atoms with Gasteiger partial charge in [0.1, 0.15) is 0 Å². The third kappa shape index (κ3) is 6.05. The lowest BCUT2D eigenvalue weighted by Gasteiger charge is -2.18. The van der Waals surface area contributed by atoms with E-state index in [-0.39, 0.29) is 11.4 Å². The molecular weight excluding hydrogens is 900 g/mol. The second kappa shape index (κ2) is 14.9. The van der Waals surface area contributed by atoms with Gasteiger partial charge in [0.2, 0.25) is 0 Å². The van der Waals surface area contributed by atoms with Crippen molar-refractivity contribution in [3.63, 3.8) is 0 Å². The van der Waals surface area contributed by atoms with Crippen molar-refractivity contribution in [3.05, 3.63) is 199 Å². The molecule has 10 heteroatoms. The normalized spacial score (nSPS) is 12.3. The Labute approximate surface area is 399 Å². The topological polar surface area (TPSA) is 48.5 Å². The van der Waals surface area contributed by atoms with Crippen LogP contribution in [0.4, 0.5) is 13.2 Å². The molecule has 0 atom stereocenters. The molecule has 69 heavy (non-hydrogen) atoms. The van der Waals surface area contributed by atoms with Gasteiger partial charge in [-0.3, -0.25) is 0 Å². The molecule has 0 amide bonds. The Morgan fingerprint density at radius 3 is 1.42 bits per heavy atom. The molecule has 0 saturated carbocycles. The number of halogens is 3. The molecule has 0 aliphatic rings. The monoisotopic (exact) mass is 933 g/mol. The van der Waals surface area contributed by atoms with Gasteiger partial charge in [-0.05, 0) is 73.7 Å². The predicted molar refractivity (Wildman–Crippen MR) is 280 cm³/mol. The molecule has 5 aromatic heterocycles. The second-order valence-electron chi connectivity index (χ2n) is 17.5. The zero-order chi connectivity index (χ0) is 46.1. The molecule has 0 aliphatic heterocycles. The first-order valence-corrected chi connectivity index (χ1v) is 24.2. The Balaban J connectivity index is 1.10. The highest BCUT2D eigenvalue weighted by atomic mass is 32.1.